The van der Waals surface area contributed by atoms with Crippen molar-refractivity contribution in [2.45, 2.75) is 24.8 Å². The van der Waals surface area contributed by atoms with Crippen LogP contribution < -0.4 is 10.0 Å². The molecule has 1 aromatic rings. The van der Waals surface area contributed by atoms with Gasteiger partial charge in [0.2, 0.25) is 10.0 Å². The summed E-state index contributed by atoms with van der Waals surface area (Å²) in [5.74, 6) is 0.939. The standard InChI is InChI=1S/C10H16N4O2S.ClH/c1-5-10(6(2)13-12-5)17(15,16)14-9-7-3-11-4-8(7)9;/h7-9,11,14H,3-4H2,1-2H3,(H,12,13);1H. The third kappa shape index (κ3) is 2.05. The molecule has 1 aliphatic carbocycles. The smallest absolute Gasteiger partial charge is 0.244 e. The molecule has 0 aromatic carbocycles. The fraction of sp³-hybridized carbons (Fsp3) is 0.700. The first-order valence-corrected chi connectivity index (χ1v) is 7.23. The van der Waals surface area contributed by atoms with Crippen molar-refractivity contribution in [3.05, 3.63) is 11.4 Å². The summed E-state index contributed by atoms with van der Waals surface area (Å²) < 4.78 is 27.2. The second-order valence-corrected chi connectivity index (χ2v) is 6.55. The van der Waals surface area contributed by atoms with E-state index in [2.05, 4.69) is 20.2 Å². The Morgan fingerprint density at radius 3 is 2.39 bits per heavy atom. The number of hydrogen-bond donors (Lipinski definition) is 3. The molecule has 2 aliphatic rings. The normalized spacial score (nSPS) is 29.8. The van der Waals surface area contributed by atoms with Crippen LogP contribution >= 0.6 is 12.4 Å². The van der Waals surface area contributed by atoms with E-state index >= 15 is 0 Å². The predicted molar refractivity (Wildman–Crippen MR) is 69.3 cm³/mol. The zero-order chi connectivity index (χ0) is 12.2. The highest BCUT2D eigenvalue weighted by Gasteiger charge is 2.54. The Morgan fingerprint density at radius 1 is 1.28 bits per heavy atom. The summed E-state index contributed by atoms with van der Waals surface area (Å²) in [6, 6.07) is 0.106. The molecule has 3 rings (SSSR count). The molecule has 2 unspecified atom stereocenters. The summed E-state index contributed by atoms with van der Waals surface area (Å²) in [6.45, 7) is 5.26. The summed E-state index contributed by atoms with van der Waals surface area (Å²) in [5.41, 5.74) is 1.12. The molecular formula is C10H17ClN4O2S. The summed E-state index contributed by atoms with van der Waals surface area (Å²) >= 11 is 0. The number of nitrogens with one attached hydrogen (secondary N) is 3. The monoisotopic (exact) mass is 292 g/mol. The summed E-state index contributed by atoms with van der Waals surface area (Å²) in [5, 5.41) is 9.87. The largest absolute Gasteiger partial charge is 0.316 e. The molecule has 6 nitrogen and oxygen atoms in total. The number of aromatic amines is 1. The van der Waals surface area contributed by atoms with Crippen molar-refractivity contribution in [2.75, 3.05) is 13.1 Å². The Bertz CT molecular complexity index is 527. The van der Waals surface area contributed by atoms with Crippen LogP contribution in [0.25, 0.3) is 0 Å². The van der Waals surface area contributed by atoms with Gasteiger partial charge < -0.3 is 5.32 Å². The van der Waals surface area contributed by atoms with Gasteiger partial charge in [0.05, 0.1) is 11.4 Å². The third-order valence-electron chi connectivity index (χ3n) is 3.71. The van der Waals surface area contributed by atoms with Crippen LogP contribution in [-0.4, -0.2) is 37.7 Å². The number of sulfonamides is 1. The van der Waals surface area contributed by atoms with E-state index in [1.54, 1.807) is 13.8 Å². The average molecular weight is 293 g/mol. The zero-order valence-corrected chi connectivity index (χ0v) is 11.9. The number of halogens is 1. The number of hydrogen-bond acceptors (Lipinski definition) is 4. The molecular weight excluding hydrogens is 276 g/mol. The topological polar surface area (TPSA) is 86.9 Å². The fourth-order valence-corrected chi connectivity index (χ4v) is 4.48. The molecule has 0 bridgehead atoms. The first-order chi connectivity index (χ1) is 8.00. The van der Waals surface area contributed by atoms with Gasteiger partial charge in [-0.15, -0.1) is 12.4 Å². The Kier molecular flexibility index (Phi) is 3.44. The zero-order valence-electron chi connectivity index (χ0n) is 10.2. The number of piperidine rings is 1. The van der Waals surface area contributed by atoms with Crippen LogP contribution in [0.15, 0.2) is 4.90 Å². The minimum absolute atomic E-state index is 0. The van der Waals surface area contributed by atoms with Crippen molar-refractivity contribution in [1.82, 2.24) is 20.2 Å². The highest BCUT2D eigenvalue weighted by atomic mass is 35.5. The lowest BCUT2D eigenvalue weighted by Gasteiger charge is -2.08. The molecule has 0 radical (unpaired) electrons. The van der Waals surface area contributed by atoms with Gasteiger partial charge in [0.25, 0.3) is 0 Å². The van der Waals surface area contributed by atoms with Gasteiger partial charge in [0.1, 0.15) is 4.90 Å². The number of nitrogens with zero attached hydrogens (tertiary/aromatic N) is 1. The van der Waals surface area contributed by atoms with Gasteiger partial charge in [0, 0.05) is 6.04 Å². The second kappa shape index (κ2) is 4.48. The molecule has 0 amide bonds. The molecule has 18 heavy (non-hydrogen) atoms. The predicted octanol–water partition coefficient (Wildman–Crippen LogP) is -0.0556. The van der Waals surface area contributed by atoms with Gasteiger partial charge in [-0.2, -0.15) is 5.10 Å². The lowest BCUT2D eigenvalue weighted by molar-refractivity contribution is 0.564. The molecule has 1 saturated carbocycles. The van der Waals surface area contributed by atoms with Crippen LogP contribution in [0.5, 0.6) is 0 Å². The Balaban J connectivity index is 0.00000120. The molecule has 102 valence electrons. The molecule has 3 N–H and O–H groups in total. The van der Waals surface area contributed by atoms with Crippen molar-refractivity contribution < 1.29 is 8.42 Å². The molecule has 1 saturated heterocycles. The Morgan fingerprint density at radius 2 is 1.89 bits per heavy atom. The van der Waals surface area contributed by atoms with E-state index in [0.717, 1.165) is 13.1 Å². The van der Waals surface area contributed by atoms with E-state index in [1.165, 1.54) is 0 Å². The minimum Gasteiger partial charge on any atom is -0.316 e. The summed E-state index contributed by atoms with van der Waals surface area (Å²) in [4.78, 5) is 0.301. The lowest BCUT2D eigenvalue weighted by Crippen LogP contribution is -2.33. The van der Waals surface area contributed by atoms with Crippen LogP contribution in [0.1, 0.15) is 11.4 Å². The van der Waals surface area contributed by atoms with E-state index < -0.39 is 10.0 Å². The van der Waals surface area contributed by atoms with Crippen LogP contribution in [-0.2, 0) is 10.0 Å². The first-order valence-electron chi connectivity index (χ1n) is 5.75. The van der Waals surface area contributed by atoms with E-state index in [4.69, 9.17) is 0 Å². The van der Waals surface area contributed by atoms with Crippen molar-refractivity contribution in [3.8, 4) is 0 Å². The van der Waals surface area contributed by atoms with Gasteiger partial charge in [-0.1, -0.05) is 0 Å². The minimum atomic E-state index is -3.43. The van der Waals surface area contributed by atoms with Gasteiger partial charge in [-0.3, -0.25) is 5.10 Å². The van der Waals surface area contributed by atoms with Gasteiger partial charge in [0.15, 0.2) is 0 Å². The van der Waals surface area contributed by atoms with Gasteiger partial charge >= 0.3 is 0 Å². The van der Waals surface area contributed by atoms with E-state index in [1.807, 2.05) is 0 Å². The van der Waals surface area contributed by atoms with E-state index in [9.17, 15) is 8.42 Å². The molecule has 0 spiro atoms. The van der Waals surface area contributed by atoms with E-state index in [-0.39, 0.29) is 18.4 Å². The maximum Gasteiger partial charge on any atom is 0.244 e. The van der Waals surface area contributed by atoms with Crippen LogP contribution in [0.4, 0.5) is 0 Å². The second-order valence-electron chi connectivity index (χ2n) is 4.90. The quantitative estimate of drug-likeness (QED) is 0.729. The number of aryl methyl sites for hydroxylation is 2. The van der Waals surface area contributed by atoms with Crippen molar-refractivity contribution >= 4 is 22.4 Å². The summed E-state index contributed by atoms with van der Waals surface area (Å²) in [6.07, 6.45) is 0. The molecule has 2 heterocycles. The highest BCUT2D eigenvalue weighted by molar-refractivity contribution is 7.89. The van der Waals surface area contributed by atoms with Crippen LogP contribution in [0.2, 0.25) is 0 Å². The average Bonchev–Trinajstić information content (AvgIpc) is 2.68. The van der Waals surface area contributed by atoms with Crippen molar-refractivity contribution in [1.29, 1.82) is 0 Å². The molecule has 2 fully saturated rings. The SMILES string of the molecule is Cc1n[nH]c(C)c1S(=O)(=O)NC1C2CNCC21.Cl. The number of aromatic nitrogens is 2. The van der Waals surface area contributed by atoms with Gasteiger partial charge in [-0.05, 0) is 38.8 Å². The molecule has 1 aromatic heterocycles. The van der Waals surface area contributed by atoms with Crippen molar-refractivity contribution in [2.24, 2.45) is 11.8 Å². The third-order valence-corrected chi connectivity index (χ3v) is 5.43. The highest BCUT2D eigenvalue weighted by Crippen LogP contribution is 2.42. The van der Waals surface area contributed by atoms with Crippen LogP contribution in [0, 0.1) is 25.7 Å². The van der Waals surface area contributed by atoms with Crippen LogP contribution in [0.3, 0.4) is 0 Å². The molecule has 1 aliphatic heterocycles. The lowest BCUT2D eigenvalue weighted by atomic mass is 10.4. The number of rotatable bonds is 3. The maximum atomic E-state index is 12.2. The Hall–Kier alpha value is -0.630. The fourth-order valence-electron chi connectivity index (χ4n) is 2.77. The maximum absolute atomic E-state index is 12.2. The number of fused-ring (bicyclic) bond motifs is 1. The van der Waals surface area contributed by atoms with E-state index in [0.29, 0.717) is 28.1 Å². The Labute approximate surface area is 112 Å². The molecule has 2 atom stereocenters. The first kappa shape index (κ1) is 13.8. The number of H-pyrrole nitrogens is 1. The summed E-state index contributed by atoms with van der Waals surface area (Å²) in [7, 11) is -3.43. The van der Waals surface area contributed by atoms with Gasteiger partial charge in [-0.25, -0.2) is 13.1 Å². The van der Waals surface area contributed by atoms with Crippen molar-refractivity contribution in [3.63, 3.8) is 0 Å². The molecule has 8 heteroatoms.